The van der Waals surface area contributed by atoms with Gasteiger partial charge in [0.05, 0.1) is 17.2 Å². The molecule has 0 radical (unpaired) electrons. The second-order valence-electron chi connectivity index (χ2n) is 8.48. The first-order valence-electron chi connectivity index (χ1n) is 11.3. The molecule has 2 heterocycles. The SMILES string of the molecule is O=C(Nc1cccc(Cc2nn(-c3cc(F)c(F)c(F)c3)ccc2=O)c1)OCCN1CCS(O)(O)CC1. The fourth-order valence-corrected chi connectivity index (χ4v) is 5.05. The van der Waals surface area contributed by atoms with Gasteiger partial charge in [0, 0.05) is 56.1 Å². The summed E-state index contributed by atoms with van der Waals surface area (Å²) < 4.78 is 66.1. The van der Waals surface area contributed by atoms with Gasteiger partial charge in [0.2, 0.25) is 5.43 Å². The van der Waals surface area contributed by atoms with Crippen LogP contribution in [0.2, 0.25) is 0 Å². The number of halogens is 3. The lowest BCUT2D eigenvalue weighted by Gasteiger charge is -2.40. The summed E-state index contributed by atoms with van der Waals surface area (Å²) in [5, 5.41) is 6.75. The molecule has 0 unspecified atom stereocenters. The first-order chi connectivity index (χ1) is 17.6. The summed E-state index contributed by atoms with van der Waals surface area (Å²) in [5.41, 5.74) is 0.632. The zero-order valence-corrected chi connectivity index (χ0v) is 20.4. The number of amides is 1. The molecule has 13 heteroatoms. The minimum Gasteiger partial charge on any atom is -0.448 e. The molecule has 2 aromatic carbocycles. The minimum absolute atomic E-state index is 0.0601. The standard InChI is InChI=1S/C24H25F3N4O5S/c25-19-14-18(15-20(26)23(19)27)31-5-4-22(32)21(29-31)13-16-2-1-3-17(12-16)28-24(33)36-9-6-30-7-10-37(34,35)11-8-30/h1-5,12,14-15,34-35H,6-11,13H2,(H,28,33). The van der Waals surface area contributed by atoms with Crippen molar-refractivity contribution in [1.29, 1.82) is 0 Å². The summed E-state index contributed by atoms with van der Waals surface area (Å²) in [6.45, 7) is 1.64. The van der Waals surface area contributed by atoms with Crippen molar-refractivity contribution in [3.05, 3.63) is 87.6 Å². The number of anilines is 1. The van der Waals surface area contributed by atoms with Crippen LogP contribution in [-0.4, -0.2) is 67.6 Å². The van der Waals surface area contributed by atoms with Crippen LogP contribution in [0.5, 0.6) is 0 Å². The Morgan fingerprint density at radius 2 is 1.78 bits per heavy atom. The lowest BCUT2D eigenvalue weighted by atomic mass is 10.1. The van der Waals surface area contributed by atoms with Crippen LogP contribution in [0.1, 0.15) is 11.3 Å². The summed E-state index contributed by atoms with van der Waals surface area (Å²) in [6, 6.07) is 9.39. The van der Waals surface area contributed by atoms with Gasteiger partial charge in [-0.2, -0.15) is 15.7 Å². The summed E-state index contributed by atoms with van der Waals surface area (Å²) in [6.07, 6.45) is 0.616. The average molecular weight is 539 g/mol. The third-order valence-corrected chi connectivity index (χ3v) is 7.44. The van der Waals surface area contributed by atoms with Gasteiger partial charge in [-0.15, -0.1) is 0 Å². The van der Waals surface area contributed by atoms with Crippen molar-refractivity contribution in [2.75, 3.05) is 43.1 Å². The van der Waals surface area contributed by atoms with Crippen LogP contribution in [0.3, 0.4) is 0 Å². The van der Waals surface area contributed by atoms with Gasteiger partial charge < -0.3 is 4.74 Å². The molecule has 4 rings (SSSR count). The third kappa shape index (κ3) is 7.10. The van der Waals surface area contributed by atoms with Crippen LogP contribution in [0.25, 0.3) is 5.69 Å². The van der Waals surface area contributed by atoms with E-state index in [0.717, 1.165) is 16.8 Å². The van der Waals surface area contributed by atoms with E-state index < -0.39 is 39.6 Å². The fourth-order valence-electron chi connectivity index (χ4n) is 3.75. The van der Waals surface area contributed by atoms with E-state index in [4.69, 9.17) is 4.74 Å². The Morgan fingerprint density at radius 1 is 1.08 bits per heavy atom. The lowest BCUT2D eigenvalue weighted by Crippen LogP contribution is -2.40. The number of nitrogens with one attached hydrogen (secondary N) is 1. The topological polar surface area (TPSA) is 117 Å². The third-order valence-electron chi connectivity index (χ3n) is 5.77. The lowest BCUT2D eigenvalue weighted by molar-refractivity contribution is 0.141. The molecule has 1 aliphatic heterocycles. The average Bonchev–Trinajstić information content (AvgIpc) is 2.85. The van der Waals surface area contributed by atoms with E-state index in [1.165, 1.54) is 12.3 Å². The summed E-state index contributed by atoms with van der Waals surface area (Å²) in [4.78, 5) is 26.5. The minimum atomic E-state index is -2.48. The first kappa shape index (κ1) is 26.7. The predicted octanol–water partition coefficient (Wildman–Crippen LogP) is 3.86. The van der Waals surface area contributed by atoms with Crippen LogP contribution in [0, 0.1) is 17.5 Å². The number of rotatable bonds is 7. The first-order valence-corrected chi connectivity index (χ1v) is 13.2. The molecule has 1 aromatic heterocycles. The fraction of sp³-hybridized carbons (Fsp3) is 0.292. The number of benzene rings is 2. The highest BCUT2D eigenvalue weighted by atomic mass is 32.3. The van der Waals surface area contributed by atoms with E-state index in [1.54, 1.807) is 24.3 Å². The van der Waals surface area contributed by atoms with E-state index in [2.05, 4.69) is 10.4 Å². The number of aromatic nitrogens is 2. The second-order valence-corrected chi connectivity index (χ2v) is 10.9. The number of ether oxygens (including phenoxy) is 1. The predicted molar refractivity (Wildman–Crippen MR) is 133 cm³/mol. The maximum atomic E-state index is 13.6. The van der Waals surface area contributed by atoms with E-state index >= 15 is 0 Å². The summed E-state index contributed by atoms with van der Waals surface area (Å²) in [5.74, 6) is -3.73. The van der Waals surface area contributed by atoms with Crippen LogP contribution in [-0.2, 0) is 11.2 Å². The number of carbonyl (C=O) groups is 1. The maximum Gasteiger partial charge on any atom is 0.411 e. The molecule has 0 aliphatic carbocycles. The van der Waals surface area contributed by atoms with Crippen LogP contribution in [0.4, 0.5) is 23.7 Å². The zero-order chi connectivity index (χ0) is 26.6. The second kappa shape index (κ2) is 11.3. The van der Waals surface area contributed by atoms with Crippen molar-refractivity contribution in [2.24, 2.45) is 0 Å². The van der Waals surface area contributed by atoms with Gasteiger partial charge in [-0.3, -0.25) is 24.1 Å². The Morgan fingerprint density at radius 3 is 2.49 bits per heavy atom. The molecule has 1 amide bonds. The molecule has 1 aliphatic rings. The van der Waals surface area contributed by atoms with Gasteiger partial charge in [-0.1, -0.05) is 12.1 Å². The van der Waals surface area contributed by atoms with E-state index in [0.29, 0.717) is 42.4 Å². The molecule has 198 valence electrons. The maximum absolute atomic E-state index is 13.6. The van der Waals surface area contributed by atoms with Crippen LogP contribution >= 0.6 is 10.6 Å². The highest BCUT2D eigenvalue weighted by molar-refractivity contribution is 8.24. The van der Waals surface area contributed by atoms with E-state index in [9.17, 15) is 31.9 Å². The van der Waals surface area contributed by atoms with Gasteiger partial charge in [0.25, 0.3) is 0 Å². The van der Waals surface area contributed by atoms with Crippen LogP contribution < -0.4 is 10.7 Å². The number of carbonyl (C=O) groups excluding carboxylic acids is 1. The van der Waals surface area contributed by atoms with Crippen molar-refractivity contribution in [2.45, 2.75) is 6.42 Å². The molecule has 0 spiro atoms. The van der Waals surface area contributed by atoms with Crippen molar-refractivity contribution in [3.63, 3.8) is 0 Å². The molecular weight excluding hydrogens is 513 g/mol. The molecule has 37 heavy (non-hydrogen) atoms. The van der Waals surface area contributed by atoms with Gasteiger partial charge >= 0.3 is 6.09 Å². The molecule has 3 aromatic rings. The van der Waals surface area contributed by atoms with Crippen molar-refractivity contribution >= 4 is 22.4 Å². The smallest absolute Gasteiger partial charge is 0.411 e. The van der Waals surface area contributed by atoms with Gasteiger partial charge in [0.1, 0.15) is 12.3 Å². The Bertz CT molecular complexity index is 1320. The van der Waals surface area contributed by atoms with Gasteiger partial charge in [-0.25, -0.2) is 22.6 Å². The molecule has 3 N–H and O–H groups in total. The Hall–Kier alpha value is -3.39. The molecule has 1 fully saturated rings. The van der Waals surface area contributed by atoms with Crippen LogP contribution in [0.15, 0.2) is 53.5 Å². The molecular formula is C24H25F3N4O5S. The summed E-state index contributed by atoms with van der Waals surface area (Å²) in [7, 11) is -2.48. The quantitative estimate of drug-likeness (QED) is 0.391. The highest BCUT2D eigenvalue weighted by Crippen LogP contribution is 2.40. The number of hydrogen-bond donors (Lipinski definition) is 3. The monoisotopic (exact) mass is 538 g/mol. The zero-order valence-electron chi connectivity index (χ0n) is 19.6. The molecule has 0 atom stereocenters. The largest absolute Gasteiger partial charge is 0.448 e. The Balaban J connectivity index is 1.36. The Labute approximate surface area is 211 Å². The van der Waals surface area contributed by atoms with Gasteiger partial charge in [-0.05, 0) is 17.7 Å². The molecule has 0 bridgehead atoms. The summed E-state index contributed by atoms with van der Waals surface area (Å²) >= 11 is 0. The number of hydrogen-bond acceptors (Lipinski definition) is 7. The normalized spacial score (nSPS) is 16.2. The highest BCUT2D eigenvalue weighted by Gasteiger charge is 2.22. The van der Waals surface area contributed by atoms with E-state index in [-0.39, 0.29) is 24.4 Å². The number of nitrogens with zero attached hydrogens (tertiary/aromatic N) is 3. The van der Waals surface area contributed by atoms with E-state index in [1.807, 2.05) is 4.90 Å². The van der Waals surface area contributed by atoms with Crippen molar-refractivity contribution in [1.82, 2.24) is 14.7 Å². The van der Waals surface area contributed by atoms with Crippen molar-refractivity contribution in [3.8, 4) is 5.69 Å². The van der Waals surface area contributed by atoms with Crippen molar-refractivity contribution < 1.29 is 31.8 Å². The Kier molecular flexibility index (Phi) is 8.17. The molecule has 9 nitrogen and oxygen atoms in total. The molecule has 1 saturated heterocycles. The van der Waals surface area contributed by atoms with Gasteiger partial charge in [0.15, 0.2) is 17.5 Å². The molecule has 0 saturated carbocycles.